The van der Waals surface area contributed by atoms with E-state index in [0.29, 0.717) is 29.3 Å². The number of nitrogens with zero attached hydrogens (tertiary/aromatic N) is 2. The van der Waals surface area contributed by atoms with Crippen LogP contribution in [0.2, 0.25) is 5.02 Å². The van der Waals surface area contributed by atoms with E-state index in [9.17, 15) is 14.7 Å². The number of imidazole rings is 1. The van der Waals surface area contributed by atoms with Crippen molar-refractivity contribution in [2.45, 2.75) is 13.0 Å². The van der Waals surface area contributed by atoms with Gasteiger partial charge in [-0.3, -0.25) is 19.8 Å². The summed E-state index contributed by atoms with van der Waals surface area (Å²) in [5.41, 5.74) is 3.06. The number of halogens is 1. The van der Waals surface area contributed by atoms with E-state index in [2.05, 4.69) is 36.4 Å². The summed E-state index contributed by atoms with van der Waals surface area (Å²) in [5.74, 6) is 0.259. The van der Waals surface area contributed by atoms with Gasteiger partial charge in [0, 0.05) is 30.3 Å². The standard InChI is InChI=1S/C24H25ClN6O4/c1-13-9-16(31-5-7-35-8-6-31)11-17-20(13)28-22(27-17)19-21(24(34)30-29-23(19)33)26-12-18(32)14-3-2-4-15(25)10-14/h2-4,9-11,18,32H,5-8,12H2,1H3,(H,27,28)(H,30,34)(H2,26,29,33)/t18-/m1/s1. The highest BCUT2D eigenvalue weighted by Gasteiger charge is 2.21. The summed E-state index contributed by atoms with van der Waals surface area (Å²) < 4.78 is 5.45. The van der Waals surface area contributed by atoms with Crippen LogP contribution >= 0.6 is 11.6 Å². The zero-order valence-corrected chi connectivity index (χ0v) is 19.8. The van der Waals surface area contributed by atoms with Crippen LogP contribution in [-0.4, -0.2) is 58.1 Å². The molecule has 0 amide bonds. The van der Waals surface area contributed by atoms with Crippen LogP contribution in [0.25, 0.3) is 22.4 Å². The molecule has 1 aliphatic heterocycles. The van der Waals surface area contributed by atoms with E-state index >= 15 is 0 Å². The molecule has 0 bridgehead atoms. The molecular weight excluding hydrogens is 472 g/mol. The maximum absolute atomic E-state index is 12.8. The Morgan fingerprint density at radius 1 is 1.17 bits per heavy atom. The van der Waals surface area contributed by atoms with Crippen molar-refractivity contribution in [3.63, 3.8) is 0 Å². The van der Waals surface area contributed by atoms with Gasteiger partial charge in [-0.25, -0.2) is 4.98 Å². The quantitative estimate of drug-likeness (QED) is 0.276. The molecule has 182 valence electrons. The predicted octanol–water partition coefficient (Wildman–Crippen LogP) is 2.55. The Morgan fingerprint density at radius 2 is 1.94 bits per heavy atom. The van der Waals surface area contributed by atoms with Crippen LogP contribution in [0.15, 0.2) is 46.0 Å². The largest absolute Gasteiger partial charge is 0.387 e. The van der Waals surface area contributed by atoms with Crippen molar-refractivity contribution in [1.82, 2.24) is 20.2 Å². The first kappa shape index (κ1) is 23.2. The Labute approximate surface area is 204 Å². The number of nitrogens with one attached hydrogen (secondary N) is 4. The lowest BCUT2D eigenvalue weighted by atomic mass is 10.1. The minimum Gasteiger partial charge on any atom is -0.387 e. The summed E-state index contributed by atoms with van der Waals surface area (Å²) in [7, 11) is 0. The van der Waals surface area contributed by atoms with Gasteiger partial charge in [-0.1, -0.05) is 23.7 Å². The number of aromatic amines is 3. The predicted molar refractivity (Wildman–Crippen MR) is 135 cm³/mol. The van der Waals surface area contributed by atoms with Gasteiger partial charge in [0.05, 0.1) is 30.4 Å². The molecule has 0 aliphatic carbocycles. The van der Waals surface area contributed by atoms with Gasteiger partial charge >= 0.3 is 0 Å². The molecule has 1 aliphatic rings. The van der Waals surface area contributed by atoms with E-state index in [1.807, 2.05) is 13.0 Å². The van der Waals surface area contributed by atoms with Crippen LogP contribution < -0.4 is 21.3 Å². The number of anilines is 2. The van der Waals surface area contributed by atoms with Gasteiger partial charge in [0.1, 0.15) is 17.1 Å². The second-order valence-electron chi connectivity index (χ2n) is 8.45. The van der Waals surface area contributed by atoms with E-state index in [4.69, 9.17) is 16.3 Å². The monoisotopic (exact) mass is 496 g/mol. The first-order chi connectivity index (χ1) is 16.9. The minimum atomic E-state index is -0.950. The maximum atomic E-state index is 12.8. The highest BCUT2D eigenvalue weighted by atomic mass is 35.5. The van der Waals surface area contributed by atoms with Gasteiger partial charge in [-0.2, -0.15) is 0 Å². The number of hydrogen-bond acceptors (Lipinski definition) is 7. The Kier molecular flexibility index (Phi) is 6.33. The third-order valence-electron chi connectivity index (χ3n) is 6.07. The molecule has 5 rings (SSSR count). The summed E-state index contributed by atoms with van der Waals surface area (Å²) >= 11 is 6.02. The molecule has 35 heavy (non-hydrogen) atoms. The Bertz CT molecular complexity index is 1490. The number of benzene rings is 2. The van der Waals surface area contributed by atoms with E-state index in [0.717, 1.165) is 29.9 Å². The lowest BCUT2D eigenvalue weighted by molar-refractivity contribution is 0.122. The van der Waals surface area contributed by atoms with Crippen molar-refractivity contribution in [2.24, 2.45) is 0 Å². The number of aryl methyl sites for hydroxylation is 1. The van der Waals surface area contributed by atoms with Crippen LogP contribution in [-0.2, 0) is 4.74 Å². The third kappa shape index (κ3) is 4.68. The molecule has 1 atom stereocenters. The van der Waals surface area contributed by atoms with Crippen molar-refractivity contribution in [3.8, 4) is 11.4 Å². The Morgan fingerprint density at radius 3 is 2.71 bits per heavy atom. The normalized spacial score (nSPS) is 14.9. The minimum absolute atomic E-state index is 0.0136. The van der Waals surface area contributed by atoms with E-state index in [1.54, 1.807) is 24.3 Å². The molecule has 1 saturated heterocycles. The molecule has 0 unspecified atom stereocenters. The number of rotatable bonds is 6. The van der Waals surface area contributed by atoms with Crippen LogP contribution in [0, 0.1) is 6.92 Å². The van der Waals surface area contributed by atoms with Gasteiger partial charge in [0.15, 0.2) is 0 Å². The Balaban J connectivity index is 1.50. The number of morpholine rings is 1. The molecule has 2 aromatic heterocycles. The number of H-pyrrole nitrogens is 3. The van der Waals surface area contributed by atoms with Gasteiger partial charge < -0.3 is 25.0 Å². The fourth-order valence-corrected chi connectivity index (χ4v) is 4.48. The number of aliphatic hydroxyl groups excluding tert-OH is 1. The topological polar surface area (TPSA) is 139 Å². The zero-order chi connectivity index (χ0) is 24.5. The molecule has 4 aromatic rings. The summed E-state index contributed by atoms with van der Waals surface area (Å²) in [6.07, 6.45) is -0.950. The van der Waals surface area contributed by atoms with Crippen LogP contribution in [0.5, 0.6) is 0 Å². The molecule has 0 saturated carbocycles. The maximum Gasteiger partial charge on any atom is 0.286 e. The van der Waals surface area contributed by atoms with Gasteiger partial charge in [-0.15, -0.1) is 0 Å². The van der Waals surface area contributed by atoms with Crippen molar-refractivity contribution in [2.75, 3.05) is 43.1 Å². The molecule has 5 N–H and O–H groups in total. The second-order valence-corrected chi connectivity index (χ2v) is 8.89. The highest BCUT2D eigenvalue weighted by molar-refractivity contribution is 6.30. The van der Waals surface area contributed by atoms with Gasteiger partial charge in [0.25, 0.3) is 11.1 Å². The van der Waals surface area contributed by atoms with Crippen molar-refractivity contribution < 1.29 is 9.84 Å². The van der Waals surface area contributed by atoms with Crippen molar-refractivity contribution in [1.29, 1.82) is 0 Å². The van der Waals surface area contributed by atoms with Gasteiger partial charge in [-0.05, 0) is 42.3 Å². The SMILES string of the molecule is Cc1cc(N2CCOCC2)cc2[nH]c(-c3c(NC[C@@H](O)c4cccc(Cl)c4)c(=O)[nH][nH]c3=O)nc12. The summed E-state index contributed by atoms with van der Waals surface area (Å²) in [6.45, 7) is 4.87. The first-order valence-electron chi connectivity index (χ1n) is 11.3. The number of hydrogen-bond donors (Lipinski definition) is 5. The number of fused-ring (bicyclic) bond motifs is 1. The fourth-order valence-electron chi connectivity index (χ4n) is 4.28. The van der Waals surface area contributed by atoms with Crippen LogP contribution in [0.1, 0.15) is 17.2 Å². The number of aliphatic hydroxyl groups is 1. The number of aromatic nitrogens is 4. The highest BCUT2D eigenvalue weighted by Crippen LogP contribution is 2.29. The van der Waals surface area contributed by atoms with Crippen molar-refractivity contribution >= 4 is 34.0 Å². The molecule has 10 nitrogen and oxygen atoms in total. The van der Waals surface area contributed by atoms with Crippen LogP contribution in [0.4, 0.5) is 11.4 Å². The van der Waals surface area contributed by atoms with Gasteiger partial charge in [0.2, 0.25) is 0 Å². The summed E-state index contributed by atoms with van der Waals surface area (Å²) in [5, 5.41) is 18.7. The van der Waals surface area contributed by atoms with E-state index in [1.165, 1.54) is 0 Å². The average Bonchev–Trinajstić information content (AvgIpc) is 3.29. The molecule has 0 spiro atoms. The molecule has 11 heteroatoms. The summed E-state index contributed by atoms with van der Waals surface area (Å²) in [4.78, 5) is 35.5. The Hall–Kier alpha value is -3.60. The average molecular weight is 497 g/mol. The smallest absolute Gasteiger partial charge is 0.286 e. The van der Waals surface area contributed by atoms with Crippen molar-refractivity contribution in [3.05, 3.63) is 73.3 Å². The molecule has 1 fully saturated rings. The number of ether oxygens (including phenoxy) is 1. The molecule has 3 heterocycles. The van der Waals surface area contributed by atoms with E-state index < -0.39 is 17.2 Å². The first-order valence-corrected chi connectivity index (χ1v) is 11.6. The molecule has 0 radical (unpaired) electrons. The summed E-state index contributed by atoms with van der Waals surface area (Å²) in [6, 6.07) is 10.9. The third-order valence-corrected chi connectivity index (χ3v) is 6.31. The lowest BCUT2D eigenvalue weighted by Crippen LogP contribution is -2.36. The van der Waals surface area contributed by atoms with E-state index in [-0.39, 0.29) is 23.6 Å². The molecular formula is C24H25ClN6O4. The lowest BCUT2D eigenvalue weighted by Gasteiger charge is -2.29. The second kappa shape index (κ2) is 9.57. The van der Waals surface area contributed by atoms with Crippen LogP contribution in [0.3, 0.4) is 0 Å². The zero-order valence-electron chi connectivity index (χ0n) is 19.0. The molecule has 2 aromatic carbocycles. The fraction of sp³-hybridized carbons (Fsp3) is 0.292.